The van der Waals surface area contributed by atoms with Gasteiger partial charge < -0.3 is 14.5 Å². The number of esters is 2. The lowest BCUT2D eigenvalue weighted by atomic mass is 10.2. The van der Waals surface area contributed by atoms with E-state index in [2.05, 4.69) is 9.97 Å². The van der Waals surface area contributed by atoms with Crippen molar-refractivity contribution in [3.8, 4) is 0 Å². The maximum atomic E-state index is 11.9. The number of hydrogen-bond acceptors (Lipinski definition) is 7. The fourth-order valence-corrected chi connectivity index (χ4v) is 2.25. The maximum Gasteiger partial charge on any atom is 0.316 e. The van der Waals surface area contributed by atoms with E-state index in [1.165, 1.54) is 0 Å². The molecule has 1 aromatic heterocycles. The van der Waals surface area contributed by atoms with Gasteiger partial charge in [0.2, 0.25) is 0 Å². The van der Waals surface area contributed by atoms with Crippen LogP contribution in [0.5, 0.6) is 0 Å². The van der Waals surface area contributed by atoms with Gasteiger partial charge in [0.25, 0.3) is 5.56 Å². The summed E-state index contributed by atoms with van der Waals surface area (Å²) in [5, 5.41) is 0.318. The average Bonchev–Trinajstić information content (AvgIpc) is 2.41. The highest BCUT2D eigenvalue weighted by molar-refractivity contribution is 7.99. The van der Waals surface area contributed by atoms with Crippen molar-refractivity contribution in [2.45, 2.75) is 32.3 Å². The lowest BCUT2D eigenvalue weighted by Gasteiger charge is -2.06. The lowest BCUT2D eigenvalue weighted by molar-refractivity contribution is -0.142. The fraction of sp³-hybridized carbons (Fsp3) is 0.538. The van der Waals surface area contributed by atoms with Crippen molar-refractivity contribution >= 4 is 23.7 Å². The zero-order chi connectivity index (χ0) is 15.8. The number of aryl methyl sites for hydroxylation is 1. The number of H-pyrrole nitrogens is 1. The van der Waals surface area contributed by atoms with Crippen LogP contribution in [0.25, 0.3) is 0 Å². The largest absolute Gasteiger partial charge is 0.466 e. The minimum absolute atomic E-state index is 0.0629. The highest BCUT2D eigenvalue weighted by Crippen LogP contribution is 2.13. The third-order valence-corrected chi connectivity index (χ3v) is 3.31. The molecular formula is C13H18N2O5S. The summed E-state index contributed by atoms with van der Waals surface area (Å²) >= 11 is 1.08. The summed E-state index contributed by atoms with van der Waals surface area (Å²) < 4.78 is 9.59. The summed E-state index contributed by atoms with van der Waals surface area (Å²) in [6.07, 6.45) is -0.120. The van der Waals surface area contributed by atoms with Crippen LogP contribution in [0.3, 0.4) is 0 Å². The zero-order valence-electron chi connectivity index (χ0n) is 12.2. The van der Waals surface area contributed by atoms with E-state index < -0.39 is 11.5 Å². The Morgan fingerprint density at radius 3 is 2.38 bits per heavy atom. The second kappa shape index (κ2) is 8.46. The minimum Gasteiger partial charge on any atom is -0.466 e. The van der Waals surface area contributed by atoms with Crippen molar-refractivity contribution in [2.24, 2.45) is 0 Å². The second-order valence-electron chi connectivity index (χ2n) is 4.01. The molecule has 1 N–H and O–H groups in total. The molecule has 0 saturated carbocycles. The molecule has 0 unspecified atom stereocenters. The summed E-state index contributed by atoms with van der Waals surface area (Å²) in [5.41, 5.74) is 0.314. The van der Waals surface area contributed by atoms with Gasteiger partial charge in [-0.25, -0.2) is 4.98 Å². The third kappa shape index (κ3) is 5.58. The van der Waals surface area contributed by atoms with Crippen LogP contribution in [-0.4, -0.2) is 40.9 Å². The molecule has 0 atom stereocenters. The number of nitrogens with zero attached hydrogens (tertiary/aromatic N) is 1. The first-order valence-electron chi connectivity index (χ1n) is 6.51. The Labute approximate surface area is 126 Å². The van der Waals surface area contributed by atoms with Crippen LogP contribution in [0.2, 0.25) is 0 Å². The number of carbonyl (C=O) groups is 2. The Kier molecular flexibility index (Phi) is 6.93. The molecule has 1 rings (SSSR count). The van der Waals surface area contributed by atoms with Gasteiger partial charge in [0.15, 0.2) is 5.16 Å². The van der Waals surface area contributed by atoms with Gasteiger partial charge in [0, 0.05) is 11.3 Å². The van der Waals surface area contributed by atoms with E-state index in [1.54, 1.807) is 20.8 Å². The molecule has 0 aliphatic carbocycles. The molecule has 0 aliphatic rings. The average molecular weight is 314 g/mol. The molecular weight excluding hydrogens is 296 g/mol. The summed E-state index contributed by atoms with van der Waals surface area (Å²) in [6.45, 7) is 5.62. The molecule has 0 spiro atoms. The fourth-order valence-electron chi connectivity index (χ4n) is 1.55. The van der Waals surface area contributed by atoms with E-state index in [9.17, 15) is 14.4 Å². The molecule has 0 fully saturated rings. The van der Waals surface area contributed by atoms with Crippen LogP contribution >= 0.6 is 11.8 Å². The SMILES string of the molecule is CCOC(=O)CSc1nc(C)c(CC(=O)OCC)c(=O)[nH]1. The van der Waals surface area contributed by atoms with Gasteiger partial charge >= 0.3 is 11.9 Å². The van der Waals surface area contributed by atoms with Crippen LogP contribution in [0.4, 0.5) is 0 Å². The van der Waals surface area contributed by atoms with E-state index in [0.29, 0.717) is 17.5 Å². The molecule has 0 radical (unpaired) electrons. The molecule has 0 saturated heterocycles. The predicted octanol–water partition coefficient (Wildman–Crippen LogP) is 0.839. The first kappa shape index (κ1) is 17.2. The van der Waals surface area contributed by atoms with E-state index in [-0.39, 0.29) is 30.3 Å². The van der Waals surface area contributed by atoms with Crippen LogP contribution in [0, 0.1) is 6.92 Å². The van der Waals surface area contributed by atoms with Crippen molar-refractivity contribution in [1.29, 1.82) is 0 Å². The smallest absolute Gasteiger partial charge is 0.316 e. The maximum absolute atomic E-state index is 11.9. The molecule has 1 aromatic rings. The van der Waals surface area contributed by atoms with E-state index in [1.807, 2.05) is 0 Å². The topological polar surface area (TPSA) is 98.3 Å². The third-order valence-electron chi connectivity index (χ3n) is 2.46. The van der Waals surface area contributed by atoms with Crippen LogP contribution in [0.15, 0.2) is 9.95 Å². The van der Waals surface area contributed by atoms with Crippen molar-refractivity contribution in [2.75, 3.05) is 19.0 Å². The molecule has 0 aromatic carbocycles. The van der Waals surface area contributed by atoms with Crippen LogP contribution < -0.4 is 5.56 Å². The Hall–Kier alpha value is -1.83. The summed E-state index contributed by atoms with van der Waals surface area (Å²) in [4.78, 5) is 41.3. The first-order valence-corrected chi connectivity index (χ1v) is 7.50. The molecule has 7 nitrogen and oxygen atoms in total. The van der Waals surface area contributed by atoms with Gasteiger partial charge in [-0.15, -0.1) is 0 Å². The normalized spacial score (nSPS) is 10.2. The van der Waals surface area contributed by atoms with E-state index in [4.69, 9.17) is 9.47 Å². The monoisotopic (exact) mass is 314 g/mol. The second-order valence-corrected chi connectivity index (χ2v) is 4.97. The Morgan fingerprint density at radius 1 is 1.19 bits per heavy atom. The molecule has 0 aliphatic heterocycles. The summed E-state index contributed by atoms with van der Waals surface area (Å²) in [5.74, 6) is -0.786. The van der Waals surface area contributed by atoms with Gasteiger partial charge in [0.05, 0.1) is 25.4 Å². The van der Waals surface area contributed by atoms with Crippen molar-refractivity contribution in [3.05, 3.63) is 21.6 Å². The predicted molar refractivity (Wildman–Crippen MR) is 77.3 cm³/mol. The number of hydrogen-bond donors (Lipinski definition) is 1. The number of aromatic amines is 1. The zero-order valence-corrected chi connectivity index (χ0v) is 13.0. The van der Waals surface area contributed by atoms with Gasteiger partial charge in [-0.1, -0.05) is 11.8 Å². The molecule has 21 heavy (non-hydrogen) atoms. The Bertz CT molecular complexity index is 570. The lowest BCUT2D eigenvalue weighted by Crippen LogP contribution is -2.21. The molecule has 116 valence electrons. The summed E-state index contributed by atoms with van der Waals surface area (Å²) in [7, 11) is 0. The minimum atomic E-state index is -0.472. The quantitative estimate of drug-likeness (QED) is 0.452. The van der Waals surface area contributed by atoms with E-state index >= 15 is 0 Å². The summed E-state index contributed by atoms with van der Waals surface area (Å²) in [6, 6.07) is 0. The number of aromatic nitrogens is 2. The molecule has 1 heterocycles. The van der Waals surface area contributed by atoms with Gasteiger partial charge in [-0.05, 0) is 20.8 Å². The van der Waals surface area contributed by atoms with Crippen molar-refractivity contribution in [3.63, 3.8) is 0 Å². The molecule has 0 bridgehead atoms. The number of thioether (sulfide) groups is 1. The number of nitrogens with one attached hydrogen (secondary N) is 1. The van der Waals surface area contributed by atoms with Crippen LogP contribution in [0.1, 0.15) is 25.1 Å². The van der Waals surface area contributed by atoms with E-state index in [0.717, 1.165) is 11.8 Å². The Morgan fingerprint density at radius 2 is 1.81 bits per heavy atom. The highest BCUT2D eigenvalue weighted by atomic mass is 32.2. The number of rotatable bonds is 7. The standard InChI is InChI=1S/C13H18N2O5S/c1-4-19-10(16)6-9-8(3)14-13(15-12(9)18)21-7-11(17)20-5-2/h4-7H2,1-3H3,(H,14,15,18). The molecule has 8 heteroatoms. The van der Waals surface area contributed by atoms with Gasteiger partial charge in [0.1, 0.15) is 0 Å². The number of carbonyl (C=O) groups excluding carboxylic acids is 2. The number of ether oxygens (including phenoxy) is 2. The highest BCUT2D eigenvalue weighted by Gasteiger charge is 2.14. The van der Waals surface area contributed by atoms with Gasteiger partial charge in [-0.3, -0.25) is 14.4 Å². The van der Waals surface area contributed by atoms with Crippen LogP contribution in [-0.2, 0) is 25.5 Å². The first-order chi connectivity index (χ1) is 9.97. The molecule has 0 amide bonds. The van der Waals surface area contributed by atoms with Crippen molar-refractivity contribution in [1.82, 2.24) is 9.97 Å². The Balaban J connectivity index is 2.77. The van der Waals surface area contributed by atoms with Crippen molar-refractivity contribution < 1.29 is 19.1 Å². The van der Waals surface area contributed by atoms with Gasteiger partial charge in [-0.2, -0.15) is 0 Å².